The number of carbonyl (C=O) groups excluding carboxylic acids is 1. The van der Waals surface area contributed by atoms with Gasteiger partial charge in [0.2, 0.25) is 5.91 Å². The molecular formula is C26H30N2O4. The number of carbonyl (C=O) groups is 1. The van der Waals surface area contributed by atoms with E-state index in [4.69, 9.17) is 19.9 Å². The number of nitrogens with one attached hydrogen (secondary N) is 1. The summed E-state index contributed by atoms with van der Waals surface area (Å²) < 4.78 is 17.3. The minimum absolute atomic E-state index is 0.215. The van der Waals surface area contributed by atoms with E-state index in [1.165, 1.54) is 0 Å². The zero-order chi connectivity index (χ0) is 23.0. The van der Waals surface area contributed by atoms with Crippen molar-refractivity contribution in [2.45, 2.75) is 18.6 Å². The Morgan fingerprint density at radius 3 is 1.75 bits per heavy atom. The van der Waals surface area contributed by atoms with Crippen LogP contribution in [0.4, 0.5) is 0 Å². The lowest BCUT2D eigenvalue weighted by molar-refractivity contribution is -0.122. The third kappa shape index (κ3) is 5.10. The number of nitrogens with two attached hydrogens (primary N) is 1. The number of amides is 1. The molecule has 3 rings (SSSR count). The van der Waals surface area contributed by atoms with E-state index in [2.05, 4.69) is 5.32 Å². The van der Waals surface area contributed by atoms with E-state index in [0.29, 0.717) is 6.54 Å². The number of rotatable bonds is 10. The highest BCUT2D eigenvalue weighted by Gasteiger charge is 2.37. The minimum Gasteiger partial charge on any atom is -0.497 e. The van der Waals surface area contributed by atoms with Gasteiger partial charge in [0.25, 0.3) is 0 Å². The van der Waals surface area contributed by atoms with Crippen LogP contribution in [0, 0.1) is 0 Å². The van der Waals surface area contributed by atoms with Gasteiger partial charge in [0.15, 0.2) is 0 Å². The Kier molecular flexibility index (Phi) is 7.87. The Labute approximate surface area is 189 Å². The molecule has 32 heavy (non-hydrogen) atoms. The average molecular weight is 435 g/mol. The normalized spacial score (nSPS) is 12.1. The fourth-order valence-corrected chi connectivity index (χ4v) is 3.61. The molecule has 0 radical (unpaired) electrons. The highest BCUT2D eigenvalue weighted by atomic mass is 16.5. The van der Waals surface area contributed by atoms with Crippen molar-refractivity contribution in [3.8, 4) is 11.5 Å². The van der Waals surface area contributed by atoms with E-state index in [0.717, 1.165) is 28.2 Å². The van der Waals surface area contributed by atoms with Crippen LogP contribution in [0.15, 0.2) is 78.9 Å². The molecule has 1 unspecified atom stereocenters. The first kappa shape index (κ1) is 23.3. The molecule has 0 fully saturated rings. The topological polar surface area (TPSA) is 82.8 Å². The van der Waals surface area contributed by atoms with Crippen LogP contribution in [-0.4, -0.2) is 39.3 Å². The maximum Gasteiger partial charge on any atom is 0.236 e. The van der Waals surface area contributed by atoms with Crippen LogP contribution in [0.3, 0.4) is 0 Å². The minimum atomic E-state index is -0.904. The van der Waals surface area contributed by atoms with Gasteiger partial charge in [0.05, 0.1) is 26.9 Å². The predicted octanol–water partition coefficient (Wildman–Crippen LogP) is 3.48. The summed E-state index contributed by atoms with van der Waals surface area (Å²) >= 11 is 0. The molecule has 168 valence electrons. The van der Waals surface area contributed by atoms with Gasteiger partial charge in [-0.05, 0) is 47.9 Å². The summed E-state index contributed by atoms with van der Waals surface area (Å²) in [5.74, 6) is 1.30. The molecular weight excluding hydrogens is 404 g/mol. The van der Waals surface area contributed by atoms with Crippen molar-refractivity contribution in [3.05, 3.63) is 95.6 Å². The molecule has 3 aromatic carbocycles. The van der Waals surface area contributed by atoms with Gasteiger partial charge in [-0.15, -0.1) is 0 Å². The number of hydrogen-bond donors (Lipinski definition) is 2. The van der Waals surface area contributed by atoms with E-state index in [1.54, 1.807) is 21.1 Å². The molecule has 0 heterocycles. The second-order valence-electron chi connectivity index (χ2n) is 7.43. The Morgan fingerprint density at radius 1 is 0.844 bits per heavy atom. The number of methoxy groups -OCH3 is 2. The van der Waals surface area contributed by atoms with Gasteiger partial charge in [0, 0.05) is 6.54 Å². The number of ether oxygens (including phenoxy) is 3. The van der Waals surface area contributed by atoms with Gasteiger partial charge in [-0.2, -0.15) is 0 Å². The van der Waals surface area contributed by atoms with Gasteiger partial charge >= 0.3 is 0 Å². The zero-order valence-electron chi connectivity index (χ0n) is 18.7. The first-order chi connectivity index (χ1) is 15.5. The summed E-state index contributed by atoms with van der Waals surface area (Å²) in [5, 5.41) is 2.82. The fourth-order valence-electron chi connectivity index (χ4n) is 3.61. The first-order valence-electron chi connectivity index (χ1n) is 10.5. The van der Waals surface area contributed by atoms with Crippen molar-refractivity contribution in [2.75, 3.05) is 27.4 Å². The van der Waals surface area contributed by atoms with E-state index in [-0.39, 0.29) is 12.5 Å². The Hall–Kier alpha value is -3.35. The lowest BCUT2D eigenvalue weighted by Crippen LogP contribution is -2.41. The van der Waals surface area contributed by atoms with Crippen molar-refractivity contribution in [2.24, 2.45) is 5.73 Å². The smallest absolute Gasteiger partial charge is 0.236 e. The fraction of sp³-hybridized carbons (Fsp3) is 0.269. The molecule has 3 aromatic rings. The molecule has 0 saturated carbocycles. The summed E-state index contributed by atoms with van der Waals surface area (Å²) in [6.07, 6.45) is 0. The second-order valence-corrected chi connectivity index (χ2v) is 7.43. The highest BCUT2D eigenvalue weighted by Crippen LogP contribution is 2.41. The zero-order valence-corrected chi connectivity index (χ0v) is 18.7. The van der Waals surface area contributed by atoms with Crippen LogP contribution < -0.4 is 20.5 Å². The van der Waals surface area contributed by atoms with Crippen LogP contribution in [0.25, 0.3) is 0 Å². The third-order valence-corrected chi connectivity index (χ3v) is 5.31. The summed E-state index contributed by atoms with van der Waals surface area (Å²) in [5.41, 5.74) is 7.59. The molecule has 0 aromatic heterocycles. The summed E-state index contributed by atoms with van der Waals surface area (Å²) in [7, 11) is 3.28. The van der Waals surface area contributed by atoms with Crippen molar-refractivity contribution >= 4 is 5.91 Å². The highest BCUT2D eigenvalue weighted by molar-refractivity contribution is 5.80. The van der Waals surface area contributed by atoms with Gasteiger partial charge in [0.1, 0.15) is 17.1 Å². The van der Waals surface area contributed by atoms with Crippen LogP contribution in [0.2, 0.25) is 0 Å². The van der Waals surface area contributed by atoms with Crippen LogP contribution >= 0.6 is 0 Å². The molecule has 0 aliphatic carbocycles. The predicted molar refractivity (Wildman–Crippen MR) is 125 cm³/mol. The van der Waals surface area contributed by atoms with Crippen molar-refractivity contribution in [3.63, 3.8) is 0 Å². The molecule has 3 N–H and O–H groups in total. The maximum absolute atomic E-state index is 11.9. The van der Waals surface area contributed by atoms with Crippen LogP contribution in [-0.2, 0) is 15.1 Å². The molecule has 0 saturated heterocycles. The molecule has 0 aliphatic rings. The third-order valence-electron chi connectivity index (χ3n) is 5.31. The molecule has 6 heteroatoms. The average Bonchev–Trinajstić information content (AvgIpc) is 2.85. The van der Waals surface area contributed by atoms with Crippen molar-refractivity contribution < 1.29 is 19.0 Å². The monoisotopic (exact) mass is 434 g/mol. The molecule has 6 nitrogen and oxygen atoms in total. The molecule has 1 atom stereocenters. The molecule has 1 amide bonds. The maximum atomic E-state index is 11.9. The summed E-state index contributed by atoms with van der Waals surface area (Å²) in [6.45, 7) is 2.27. The van der Waals surface area contributed by atoms with Gasteiger partial charge in [-0.1, -0.05) is 54.6 Å². The van der Waals surface area contributed by atoms with Crippen molar-refractivity contribution in [1.29, 1.82) is 0 Å². The lowest BCUT2D eigenvalue weighted by atomic mass is 9.80. The van der Waals surface area contributed by atoms with E-state index in [1.807, 2.05) is 78.9 Å². The van der Waals surface area contributed by atoms with Gasteiger partial charge < -0.3 is 25.3 Å². The van der Waals surface area contributed by atoms with E-state index < -0.39 is 11.6 Å². The van der Waals surface area contributed by atoms with Gasteiger partial charge in [-0.25, -0.2) is 0 Å². The second kappa shape index (κ2) is 10.8. The standard InChI is InChI=1S/C26H30N2O4/c1-19(27)25(29)28-17-18-32-26(20-7-5-4-6-8-20,21-9-13-23(30-2)14-10-21)22-11-15-24(31-3)16-12-22/h4-16,19H,17-18,27H2,1-3H3,(H,28,29). The lowest BCUT2D eigenvalue weighted by Gasteiger charge is -2.36. The SMILES string of the molecule is COc1ccc(C(OCCNC(=O)C(C)N)(c2ccccc2)c2ccc(OC)cc2)cc1. The Balaban J connectivity index is 2.07. The summed E-state index contributed by atoms with van der Waals surface area (Å²) in [6, 6.07) is 25.1. The van der Waals surface area contributed by atoms with E-state index >= 15 is 0 Å². The van der Waals surface area contributed by atoms with Crippen LogP contribution in [0.1, 0.15) is 23.6 Å². The molecule has 0 bridgehead atoms. The Morgan fingerprint density at radius 2 is 1.31 bits per heavy atom. The molecule has 0 spiro atoms. The van der Waals surface area contributed by atoms with Crippen molar-refractivity contribution in [1.82, 2.24) is 5.32 Å². The number of hydrogen-bond acceptors (Lipinski definition) is 5. The number of benzene rings is 3. The molecule has 0 aliphatic heterocycles. The largest absolute Gasteiger partial charge is 0.497 e. The summed E-state index contributed by atoms with van der Waals surface area (Å²) in [4.78, 5) is 11.9. The van der Waals surface area contributed by atoms with Crippen LogP contribution in [0.5, 0.6) is 11.5 Å². The first-order valence-corrected chi connectivity index (χ1v) is 10.5. The Bertz CT molecular complexity index is 939. The quantitative estimate of drug-likeness (QED) is 0.377. The van der Waals surface area contributed by atoms with Gasteiger partial charge in [-0.3, -0.25) is 4.79 Å². The van der Waals surface area contributed by atoms with E-state index in [9.17, 15) is 4.79 Å².